The number of phenols is 1. The van der Waals surface area contributed by atoms with Crippen molar-refractivity contribution in [3.63, 3.8) is 0 Å². The second-order valence-electron chi connectivity index (χ2n) is 7.32. The highest BCUT2D eigenvalue weighted by Gasteiger charge is 2.20. The van der Waals surface area contributed by atoms with Crippen molar-refractivity contribution in [3.05, 3.63) is 48.5 Å². The van der Waals surface area contributed by atoms with E-state index in [0.717, 1.165) is 35.0 Å². The molecule has 1 aliphatic heterocycles. The van der Waals surface area contributed by atoms with Crippen LogP contribution in [0.25, 0.3) is 22.4 Å². The predicted molar refractivity (Wildman–Crippen MR) is 113 cm³/mol. The van der Waals surface area contributed by atoms with Crippen LogP contribution in [-0.4, -0.2) is 30.5 Å². The minimum Gasteiger partial charge on any atom is -0.507 e. The molecule has 4 rings (SSSR count). The number of phenolic OH excluding ortho intramolecular Hbond substituents is 1. The summed E-state index contributed by atoms with van der Waals surface area (Å²) in [5.41, 5.74) is 3.14. The Morgan fingerprint density at radius 2 is 1.97 bits per heavy atom. The third-order valence-corrected chi connectivity index (χ3v) is 4.71. The van der Waals surface area contributed by atoms with Crippen molar-refractivity contribution in [1.29, 1.82) is 0 Å². The molecule has 1 aliphatic rings. The number of pyridine rings is 1. The van der Waals surface area contributed by atoms with Gasteiger partial charge in [0.1, 0.15) is 17.3 Å². The molecule has 0 atom stereocenters. The number of anilines is 1. The summed E-state index contributed by atoms with van der Waals surface area (Å²) >= 11 is 0. The van der Waals surface area contributed by atoms with Crippen molar-refractivity contribution in [2.75, 3.05) is 25.8 Å². The van der Waals surface area contributed by atoms with Crippen LogP contribution in [0.4, 0.5) is 5.82 Å². The Bertz CT molecular complexity index is 1030. The summed E-state index contributed by atoms with van der Waals surface area (Å²) < 4.78 is 16.4. The summed E-state index contributed by atoms with van der Waals surface area (Å²) in [7, 11) is 1.57. The Morgan fingerprint density at radius 3 is 2.72 bits per heavy atom. The predicted octanol–water partition coefficient (Wildman–Crippen LogP) is 4.93. The first-order chi connectivity index (χ1) is 14.0. The van der Waals surface area contributed by atoms with E-state index in [9.17, 15) is 5.11 Å². The summed E-state index contributed by atoms with van der Waals surface area (Å²) in [6, 6.07) is 15.0. The van der Waals surface area contributed by atoms with Gasteiger partial charge in [-0.2, -0.15) is 0 Å². The van der Waals surface area contributed by atoms with Crippen LogP contribution < -0.4 is 19.5 Å². The van der Waals surface area contributed by atoms with Crippen LogP contribution in [0.2, 0.25) is 0 Å². The standard InChI is InChI=1S/C23H24N2O4/c1-14(2)12-24-22-10-15(17-5-4-6-21-23(17)29-13-28-21)9-19(25-22)18-8-7-16(27-3)11-20(18)26/h4-11,14,26H,12-13H2,1-3H3,(H,24,25). The summed E-state index contributed by atoms with van der Waals surface area (Å²) in [4.78, 5) is 4.73. The van der Waals surface area contributed by atoms with Gasteiger partial charge in [0.2, 0.25) is 6.79 Å². The van der Waals surface area contributed by atoms with Gasteiger partial charge in [0, 0.05) is 23.7 Å². The number of hydrogen-bond donors (Lipinski definition) is 2. The fourth-order valence-corrected chi connectivity index (χ4v) is 3.24. The number of para-hydroxylation sites is 1. The molecule has 2 N–H and O–H groups in total. The minimum atomic E-state index is 0.113. The molecule has 1 aromatic heterocycles. The van der Waals surface area contributed by atoms with Crippen molar-refractivity contribution in [1.82, 2.24) is 4.98 Å². The largest absolute Gasteiger partial charge is 0.507 e. The number of aromatic nitrogens is 1. The first-order valence-corrected chi connectivity index (χ1v) is 9.57. The van der Waals surface area contributed by atoms with E-state index in [4.69, 9.17) is 19.2 Å². The molecular formula is C23H24N2O4. The maximum Gasteiger partial charge on any atom is 0.231 e. The second kappa shape index (κ2) is 7.91. The summed E-state index contributed by atoms with van der Waals surface area (Å²) in [6.07, 6.45) is 0. The Balaban J connectivity index is 1.83. The first-order valence-electron chi connectivity index (χ1n) is 9.57. The van der Waals surface area contributed by atoms with Gasteiger partial charge >= 0.3 is 0 Å². The third kappa shape index (κ3) is 3.92. The molecule has 2 aromatic carbocycles. The van der Waals surface area contributed by atoms with Gasteiger partial charge in [-0.1, -0.05) is 26.0 Å². The van der Waals surface area contributed by atoms with Gasteiger partial charge < -0.3 is 24.6 Å². The first kappa shape index (κ1) is 18.9. The van der Waals surface area contributed by atoms with Crippen LogP contribution in [0.15, 0.2) is 48.5 Å². The van der Waals surface area contributed by atoms with Crippen LogP contribution in [0.3, 0.4) is 0 Å². The second-order valence-corrected chi connectivity index (χ2v) is 7.32. The Labute approximate surface area is 170 Å². The van der Waals surface area contributed by atoms with Gasteiger partial charge in [-0.25, -0.2) is 4.98 Å². The summed E-state index contributed by atoms with van der Waals surface area (Å²) in [6.45, 7) is 5.28. The molecule has 0 bridgehead atoms. The number of nitrogens with zero attached hydrogens (tertiary/aromatic N) is 1. The highest BCUT2D eigenvalue weighted by Crippen LogP contribution is 2.43. The number of aromatic hydroxyl groups is 1. The van der Waals surface area contributed by atoms with Crippen LogP contribution in [-0.2, 0) is 0 Å². The van der Waals surface area contributed by atoms with Crippen molar-refractivity contribution in [3.8, 4) is 45.4 Å². The number of ether oxygens (including phenoxy) is 3. The van der Waals surface area contributed by atoms with E-state index < -0.39 is 0 Å². The van der Waals surface area contributed by atoms with E-state index in [1.54, 1.807) is 13.2 Å². The fourth-order valence-electron chi connectivity index (χ4n) is 3.24. The molecule has 6 heteroatoms. The minimum absolute atomic E-state index is 0.113. The highest BCUT2D eigenvalue weighted by atomic mass is 16.7. The number of benzene rings is 2. The fraction of sp³-hybridized carbons (Fsp3) is 0.261. The van der Waals surface area contributed by atoms with Gasteiger partial charge in [-0.05, 0) is 41.8 Å². The molecule has 0 radical (unpaired) electrons. The van der Waals surface area contributed by atoms with E-state index in [2.05, 4.69) is 19.2 Å². The number of methoxy groups -OCH3 is 1. The van der Waals surface area contributed by atoms with Crippen molar-refractivity contribution in [2.24, 2.45) is 5.92 Å². The maximum absolute atomic E-state index is 10.5. The lowest BCUT2D eigenvalue weighted by molar-refractivity contribution is 0.174. The molecule has 0 saturated carbocycles. The lowest BCUT2D eigenvalue weighted by atomic mass is 10.0. The zero-order chi connectivity index (χ0) is 20.4. The van der Waals surface area contributed by atoms with Gasteiger partial charge in [-0.3, -0.25) is 0 Å². The van der Waals surface area contributed by atoms with Gasteiger partial charge in [0.15, 0.2) is 11.5 Å². The molecule has 3 aromatic rings. The van der Waals surface area contributed by atoms with Crippen LogP contribution in [0.5, 0.6) is 23.0 Å². The topological polar surface area (TPSA) is 72.8 Å². The molecule has 150 valence electrons. The zero-order valence-corrected chi connectivity index (χ0v) is 16.7. The van der Waals surface area contributed by atoms with E-state index in [1.807, 2.05) is 42.5 Å². The molecule has 29 heavy (non-hydrogen) atoms. The lowest BCUT2D eigenvalue weighted by Gasteiger charge is -2.14. The van der Waals surface area contributed by atoms with E-state index in [-0.39, 0.29) is 12.5 Å². The molecule has 0 unspecified atom stereocenters. The van der Waals surface area contributed by atoms with E-state index in [0.29, 0.717) is 22.9 Å². The Morgan fingerprint density at radius 1 is 1.10 bits per heavy atom. The number of rotatable bonds is 6. The van der Waals surface area contributed by atoms with Crippen molar-refractivity contribution >= 4 is 5.82 Å². The van der Waals surface area contributed by atoms with Crippen LogP contribution in [0, 0.1) is 5.92 Å². The Kier molecular flexibility index (Phi) is 5.16. The summed E-state index contributed by atoms with van der Waals surface area (Å²) in [5, 5.41) is 13.9. The zero-order valence-electron chi connectivity index (χ0n) is 16.7. The normalized spacial score (nSPS) is 12.3. The molecule has 6 nitrogen and oxygen atoms in total. The SMILES string of the molecule is COc1ccc(-c2cc(-c3cccc4c3OCO4)cc(NCC(C)C)n2)c(O)c1. The average molecular weight is 392 g/mol. The molecular weight excluding hydrogens is 368 g/mol. The molecule has 0 aliphatic carbocycles. The van der Waals surface area contributed by atoms with E-state index >= 15 is 0 Å². The van der Waals surface area contributed by atoms with Crippen LogP contribution in [0.1, 0.15) is 13.8 Å². The number of fused-ring (bicyclic) bond motifs is 1. The molecule has 0 fully saturated rings. The monoisotopic (exact) mass is 392 g/mol. The smallest absolute Gasteiger partial charge is 0.231 e. The molecule has 2 heterocycles. The molecule has 0 amide bonds. The number of hydrogen-bond acceptors (Lipinski definition) is 6. The van der Waals surface area contributed by atoms with E-state index in [1.165, 1.54) is 0 Å². The van der Waals surface area contributed by atoms with Gasteiger partial charge in [0.25, 0.3) is 0 Å². The van der Waals surface area contributed by atoms with Crippen LogP contribution >= 0.6 is 0 Å². The Hall–Kier alpha value is -3.41. The average Bonchev–Trinajstić information content (AvgIpc) is 3.20. The third-order valence-electron chi connectivity index (χ3n) is 4.71. The van der Waals surface area contributed by atoms with Gasteiger partial charge in [0.05, 0.1) is 12.8 Å². The van der Waals surface area contributed by atoms with Crippen molar-refractivity contribution < 1.29 is 19.3 Å². The highest BCUT2D eigenvalue weighted by molar-refractivity contribution is 5.81. The maximum atomic E-state index is 10.5. The quantitative estimate of drug-likeness (QED) is 0.620. The number of nitrogens with one attached hydrogen (secondary N) is 1. The molecule has 0 saturated heterocycles. The van der Waals surface area contributed by atoms with Gasteiger partial charge in [-0.15, -0.1) is 0 Å². The summed E-state index contributed by atoms with van der Waals surface area (Å²) in [5.74, 6) is 3.35. The lowest BCUT2D eigenvalue weighted by Crippen LogP contribution is -2.09. The van der Waals surface area contributed by atoms with Crippen molar-refractivity contribution in [2.45, 2.75) is 13.8 Å². The molecule has 0 spiro atoms.